The molecular weight excluding hydrogens is 552 g/mol. The van der Waals surface area contributed by atoms with Gasteiger partial charge < -0.3 is 4.42 Å². The van der Waals surface area contributed by atoms with E-state index in [1.54, 1.807) is 0 Å². The first kappa shape index (κ1) is 26.4. The van der Waals surface area contributed by atoms with E-state index in [2.05, 4.69) is 54.6 Å². The summed E-state index contributed by atoms with van der Waals surface area (Å²) < 4.78 is 6.10. The van der Waals surface area contributed by atoms with Crippen LogP contribution in [0.5, 0.6) is 0 Å². The number of rotatable bonds is 6. The third-order valence-electron chi connectivity index (χ3n) is 7.78. The fourth-order valence-corrected chi connectivity index (χ4v) is 5.53. The molecular formula is C40H26N4O. The van der Waals surface area contributed by atoms with Crippen LogP contribution in [0.2, 0.25) is 0 Å². The molecule has 0 saturated heterocycles. The van der Waals surface area contributed by atoms with Crippen molar-refractivity contribution in [2.75, 3.05) is 0 Å². The number of hydrogen-bond acceptors (Lipinski definition) is 5. The molecule has 212 valence electrons. The van der Waals surface area contributed by atoms with Gasteiger partial charge >= 0.3 is 0 Å². The van der Waals surface area contributed by atoms with E-state index in [-0.39, 0.29) is 0 Å². The Bertz CT molecular complexity index is 2190. The Labute approximate surface area is 260 Å². The summed E-state index contributed by atoms with van der Waals surface area (Å²) in [5, 5.41) is 0. The summed E-state index contributed by atoms with van der Waals surface area (Å²) in [6, 6.07) is 53.0. The predicted octanol–water partition coefficient (Wildman–Crippen LogP) is 10.0. The molecule has 2 aromatic heterocycles. The highest BCUT2D eigenvalue weighted by Gasteiger charge is 2.16. The zero-order valence-corrected chi connectivity index (χ0v) is 24.2. The van der Waals surface area contributed by atoms with Crippen LogP contribution >= 0.6 is 0 Å². The highest BCUT2D eigenvalue weighted by molar-refractivity contribution is 5.90. The molecule has 0 amide bonds. The van der Waals surface area contributed by atoms with E-state index < -0.39 is 0 Å². The third kappa shape index (κ3) is 5.28. The molecule has 2 heterocycles. The molecule has 45 heavy (non-hydrogen) atoms. The van der Waals surface area contributed by atoms with Gasteiger partial charge in [-0.15, -0.1) is 0 Å². The van der Waals surface area contributed by atoms with Crippen LogP contribution in [-0.4, -0.2) is 19.9 Å². The van der Waals surface area contributed by atoms with Gasteiger partial charge in [0.25, 0.3) is 0 Å². The van der Waals surface area contributed by atoms with Crippen molar-refractivity contribution >= 4 is 11.1 Å². The Kier molecular flexibility index (Phi) is 6.74. The van der Waals surface area contributed by atoms with Crippen molar-refractivity contribution < 1.29 is 4.42 Å². The second-order valence-corrected chi connectivity index (χ2v) is 10.7. The molecule has 0 N–H and O–H groups in total. The molecule has 0 aliphatic heterocycles. The molecule has 0 fully saturated rings. The number of nitrogens with zero attached hydrogens (tertiary/aromatic N) is 4. The van der Waals surface area contributed by atoms with Crippen molar-refractivity contribution in [1.29, 1.82) is 0 Å². The van der Waals surface area contributed by atoms with E-state index >= 15 is 0 Å². The molecule has 8 rings (SSSR count). The van der Waals surface area contributed by atoms with Gasteiger partial charge in [0.15, 0.2) is 23.1 Å². The van der Waals surface area contributed by atoms with Gasteiger partial charge in [-0.1, -0.05) is 127 Å². The Morgan fingerprint density at radius 1 is 0.333 bits per heavy atom. The van der Waals surface area contributed by atoms with Gasteiger partial charge in [-0.25, -0.2) is 19.9 Å². The zero-order chi connectivity index (χ0) is 30.0. The van der Waals surface area contributed by atoms with Crippen molar-refractivity contribution in [3.8, 4) is 67.9 Å². The van der Waals surface area contributed by atoms with E-state index in [0.29, 0.717) is 23.4 Å². The van der Waals surface area contributed by atoms with Gasteiger partial charge in [-0.2, -0.15) is 0 Å². The molecule has 0 aliphatic rings. The average Bonchev–Trinajstić information content (AvgIpc) is 3.56. The van der Waals surface area contributed by atoms with Gasteiger partial charge in [0.05, 0.1) is 0 Å². The Balaban J connectivity index is 1.28. The van der Waals surface area contributed by atoms with Crippen molar-refractivity contribution in [1.82, 2.24) is 19.9 Å². The van der Waals surface area contributed by atoms with E-state index in [4.69, 9.17) is 24.4 Å². The number of oxazole rings is 1. The van der Waals surface area contributed by atoms with Gasteiger partial charge in [0.1, 0.15) is 5.52 Å². The molecule has 0 unspecified atom stereocenters. The summed E-state index contributed by atoms with van der Waals surface area (Å²) in [5.74, 6) is 2.50. The number of benzene rings is 6. The van der Waals surface area contributed by atoms with Crippen LogP contribution in [0.25, 0.3) is 79.0 Å². The highest BCUT2D eigenvalue weighted by atomic mass is 16.3. The standard InChI is InChI=1S/C40H26N4O/c1-5-13-27(14-6-1)34-25-32(39-43-37(28-15-7-2-8-16-28)42-38(44-39)29-17-9-3-10-18-29)21-23-33(34)31-22-24-36-35(26-31)41-40(45-36)30-19-11-4-12-20-30/h1-26H. The van der Waals surface area contributed by atoms with Crippen molar-refractivity contribution in [3.05, 3.63) is 158 Å². The molecule has 0 radical (unpaired) electrons. The van der Waals surface area contributed by atoms with E-state index in [1.807, 2.05) is 103 Å². The summed E-state index contributed by atoms with van der Waals surface area (Å²) in [4.78, 5) is 19.6. The first-order chi connectivity index (χ1) is 22.3. The van der Waals surface area contributed by atoms with Crippen LogP contribution in [0.4, 0.5) is 0 Å². The number of fused-ring (bicyclic) bond motifs is 1. The zero-order valence-electron chi connectivity index (χ0n) is 24.2. The second-order valence-electron chi connectivity index (χ2n) is 10.7. The number of hydrogen-bond donors (Lipinski definition) is 0. The van der Waals surface area contributed by atoms with Crippen LogP contribution in [0.1, 0.15) is 0 Å². The average molecular weight is 579 g/mol. The molecule has 0 bridgehead atoms. The van der Waals surface area contributed by atoms with Gasteiger partial charge in [-0.3, -0.25) is 0 Å². The lowest BCUT2D eigenvalue weighted by molar-refractivity contribution is 0.620. The maximum absolute atomic E-state index is 6.10. The Hall–Kier alpha value is -6.20. The lowest BCUT2D eigenvalue weighted by Gasteiger charge is -2.14. The fraction of sp³-hybridized carbons (Fsp3) is 0. The summed E-state index contributed by atoms with van der Waals surface area (Å²) in [5.41, 5.74) is 9.60. The first-order valence-corrected chi connectivity index (χ1v) is 14.8. The third-order valence-corrected chi connectivity index (χ3v) is 7.78. The van der Waals surface area contributed by atoms with Crippen LogP contribution in [0.15, 0.2) is 162 Å². The van der Waals surface area contributed by atoms with Crippen molar-refractivity contribution in [3.63, 3.8) is 0 Å². The first-order valence-electron chi connectivity index (χ1n) is 14.8. The highest BCUT2D eigenvalue weighted by Crippen LogP contribution is 2.37. The maximum Gasteiger partial charge on any atom is 0.227 e. The second kappa shape index (κ2) is 11.5. The van der Waals surface area contributed by atoms with E-state index in [0.717, 1.165) is 55.6 Å². The summed E-state index contributed by atoms with van der Waals surface area (Å²) >= 11 is 0. The maximum atomic E-state index is 6.10. The smallest absolute Gasteiger partial charge is 0.227 e. The van der Waals surface area contributed by atoms with Crippen LogP contribution < -0.4 is 0 Å². The van der Waals surface area contributed by atoms with E-state index in [9.17, 15) is 0 Å². The van der Waals surface area contributed by atoms with Crippen molar-refractivity contribution in [2.24, 2.45) is 0 Å². The molecule has 6 aromatic carbocycles. The molecule has 8 aromatic rings. The fourth-order valence-electron chi connectivity index (χ4n) is 5.53. The van der Waals surface area contributed by atoms with Crippen LogP contribution in [0, 0.1) is 0 Å². The predicted molar refractivity (Wildman–Crippen MR) is 180 cm³/mol. The normalized spacial score (nSPS) is 11.1. The molecule has 0 aliphatic carbocycles. The van der Waals surface area contributed by atoms with Gasteiger partial charge in [0, 0.05) is 22.3 Å². The number of aromatic nitrogens is 4. The lowest BCUT2D eigenvalue weighted by atomic mass is 9.92. The minimum atomic E-state index is 0.611. The summed E-state index contributed by atoms with van der Waals surface area (Å²) in [6.07, 6.45) is 0. The molecule has 5 heteroatoms. The van der Waals surface area contributed by atoms with Gasteiger partial charge in [-0.05, 0) is 52.6 Å². The topological polar surface area (TPSA) is 64.7 Å². The molecule has 0 atom stereocenters. The van der Waals surface area contributed by atoms with E-state index in [1.165, 1.54) is 0 Å². The monoisotopic (exact) mass is 578 g/mol. The quantitative estimate of drug-likeness (QED) is 0.196. The minimum absolute atomic E-state index is 0.611. The molecule has 0 saturated carbocycles. The SMILES string of the molecule is c1ccc(-c2nc(-c3ccccc3)nc(-c3ccc(-c4ccc5oc(-c6ccccc6)nc5c4)c(-c4ccccc4)c3)n2)cc1. The summed E-state index contributed by atoms with van der Waals surface area (Å²) in [6.45, 7) is 0. The van der Waals surface area contributed by atoms with Gasteiger partial charge in [0.2, 0.25) is 5.89 Å². The van der Waals surface area contributed by atoms with Crippen LogP contribution in [0.3, 0.4) is 0 Å². The Morgan fingerprint density at radius 3 is 1.40 bits per heavy atom. The van der Waals surface area contributed by atoms with Crippen molar-refractivity contribution in [2.45, 2.75) is 0 Å². The minimum Gasteiger partial charge on any atom is -0.436 e. The Morgan fingerprint density at radius 2 is 0.822 bits per heavy atom. The largest absolute Gasteiger partial charge is 0.436 e. The molecule has 0 spiro atoms. The van der Waals surface area contributed by atoms with Crippen LogP contribution in [-0.2, 0) is 0 Å². The lowest BCUT2D eigenvalue weighted by Crippen LogP contribution is -2.00. The summed E-state index contributed by atoms with van der Waals surface area (Å²) in [7, 11) is 0. The molecule has 5 nitrogen and oxygen atoms in total.